The molecule has 1 N–H and O–H groups in total. The zero-order valence-corrected chi connectivity index (χ0v) is 18.8. The van der Waals surface area contributed by atoms with Crippen molar-refractivity contribution in [2.24, 2.45) is 5.16 Å². The van der Waals surface area contributed by atoms with Gasteiger partial charge in [0.15, 0.2) is 23.0 Å². The second-order valence-corrected chi connectivity index (χ2v) is 6.65. The van der Waals surface area contributed by atoms with Crippen molar-refractivity contribution in [1.82, 2.24) is 0 Å². The quantitative estimate of drug-likeness (QED) is 0.627. The highest BCUT2D eigenvalue weighted by Crippen LogP contribution is 2.41. The molecule has 32 heavy (non-hydrogen) atoms. The number of oxime groups is 1. The van der Waals surface area contributed by atoms with Crippen LogP contribution in [0, 0.1) is 0 Å². The van der Waals surface area contributed by atoms with E-state index in [1.807, 2.05) is 0 Å². The molecule has 10 heteroatoms. The molecule has 1 aliphatic heterocycles. The molecule has 0 spiro atoms. The summed E-state index contributed by atoms with van der Waals surface area (Å²) in [5.41, 5.74) is 1.74. The fourth-order valence-corrected chi connectivity index (χ4v) is 3.31. The fraction of sp³-hybridized carbons (Fsp3) is 0.364. The van der Waals surface area contributed by atoms with Crippen LogP contribution in [0.1, 0.15) is 12.0 Å². The topological polar surface area (TPSA) is 106 Å². The second-order valence-electron chi connectivity index (χ2n) is 6.65. The molecular weight excluding hydrogens is 420 g/mol. The maximum atomic E-state index is 12.8. The minimum absolute atomic E-state index is 0.259. The van der Waals surface area contributed by atoms with E-state index >= 15 is 0 Å². The van der Waals surface area contributed by atoms with E-state index in [4.69, 9.17) is 33.3 Å². The normalized spacial score (nSPS) is 14.7. The lowest BCUT2D eigenvalue weighted by Gasteiger charge is -2.15. The number of amides is 1. The summed E-state index contributed by atoms with van der Waals surface area (Å²) in [5.74, 6) is 2.33. The molecular formula is C22H26N2O8. The standard InChI is InChI=1S/C22H26N2O8/c1-26-15-7-12(8-16(27-2)20(15)30-5)14-11-19(32-24-14)22(25)23-13-9-17(28-3)21(31-6)18(10-13)29-4/h7-10,19H,11H2,1-6H3,(H,23,25). The van der Waals surface area contributed by atoms with Crippen molar-refractivity contribution < 1.29 is 38.1 Å². The minimum Gasteiger partial charge on any atom is -0.493 e. The highest BCUT2D eigenvalue weighted by atomic mass is 16.6. The Morgan fingerprint density at radius 2 is 1.28 bits per heavy atom. The number of hydrogen-bond acceptors (Lipinski definition) is 9. The summed E-state index contributed by atoms with van der Waals surface area (Å²) in [6.45, 7) is 0. The van der Waals surface area contributed by atoms with Gasteiger partial charge in [-0.15, -0.1) is 0 Å². The van der Waals surface area contributed by atoms with Crippen molar-refractivity contribution in [3.05, 3.63) is 29.8 Å². The van der Waals surface area contributed by atoms with E-state index in [1.54, 1.807) is 24.3 Å². The first-order valence-corrected chi connectivity index (χ1v) is 9.63. The van der Waals surface area contributed by atoms with E-state index in [-0.39, 0.29) is 12.3 Å². The number of methoxy groups -OCH3 is 6. The van der Waals surface area contributed by atoms with Gasteiger partial charge in [0, 0.05) is 29.8 Å². The molecule has 3 rings (SSSR count). The van der Waals surface area contributed by atoms with Crippen LogP contribution in [0.3, 0.4) is 0 Å². The number of rotatable bonds is 9. The van der Waals surface area contributed by atoms with Crippen LogP contribution in [0.2, 0.25) is 0 Å². The summed E-state index contributed by atoms with van der Waals surface area (Å²) >= 11 is 0. The molecule has 0 saturated heterocycles. The lowest BCUT2D eigenvalue weighted by molar-refractivity contribution is -0.125. The number of nitrogens with one attached hydrogen (secondary N) is 1. The summed E-state index contributed by atoms with van der Waals surface area (Å²) in [6, 6.07) is 6.77. The maximum Gasteiger partial charge on any atom is 0.268 e. The van der Waals surface area contributed by atoms with Crippen LogP contribution in [-0.4, -0.2) is 60.4 Å². The van der Waals surface area contributed by atoms with Crippen LogP contribution in [-0.2, 0) is 9.63 Å². The van der Waals surface area contributed by atoms with Crippen molar-refractivity contribution in [1.29, 1.82) is 0 Å². The smallest absolute Gasteiger partial charge is 0.268 e. The molecule has 1 heterocycles. The molecule has 2 aromatic rings. The molecule has 1 amide bonds. The Hall–Kier alpha value is -3.82. The first-order chi connectivity index (χ1) is 15.5. The van der Waals surface area contributed by atoms with Crippen LogP contribution in [0.25, 0.3) is 0 Å². The Balaban J connectivity index is 1.77. The predicted octanol–water partition coefficient (Wildman–Crippen LogP) is 2.87. The molecule has 0 radical (unpaired) electrons. The average molecular weight is 446 g/mol. The lowest BCUT2D eigenvalue weighted by atomic mass is 10.0. The molecule has 1 atom stereocenters. The highest BCUT2D eigenvalue weighted by molar-refractivity contribution is 6.06. The molecule has 1 aliphatic rings. The van der Waals surface area contributed by atoms with Gasteiger partial charge in [0.25, 0.3) is 5.91 Å². The van der Waals surface area contributed by atoms with E-state index in [0.29, 0.717) is 51.5 Å². The van der Waals surface area contributed by atoms with Gasteiger partial charge in [-0.1, -0.05) is 5.16 Å². The number of hydrogen-bond donors (Lipinski definition) is 1. The van der Waals surface area contributed by atoms with Gasteiger partial charge in [-0.25, -0.2) is 0 Å². The van der Waals surface area contributed by atoms with Gasteiger partial charge in [0.05, 0.1) is 48.4 Å². The SMILES string of the molecule is COc1cc(NC(=O)C2CC(c3cc(OC)c(OC)c(OC)c3)=NO2)cc(OC)c1OC. The van der Waals surface area contributed by atoms with Gasteiger partial charge in [0.1, 0.15) is 0 Å². The molecule has 10 nitrogen and oxygen atoms in total. The van der Waals surface area contributed by atoms with E-state index in [0.717, 1.165) is 0 Å². The average Bonchev–Trinajstić information content (AvgIpc) is 3.32. The third kappa shape index (κ3) is 4.43. The third-order valence-electron chi connectivity index (χ3n) is 4.89. The highest BCUT2D eigenvalue weighted by Gasteiger charge is 2.30. The van der Waals surface area contributed by atoms with Gasteiger partial charge < -0.3 is 38.6 Å². The maximum absolute atomic E-state index is 12.8. The number of nitrogens with zero attached hydrogens (tertiary/aromatic N) is 1. The van der Waals surface area contributed by atoms with Gasteiger partial charge in [0.2, 0.25) is 17.6 Å². The molecule has 0 aromatic heterocycles. The zero-order chi connectivity index (χ0) is 23.3. The van der Waals surface area contributed by atoms with Crippen LogP contribution >= 0.6 is 0 Å². The summed E-state index contributed by atoms with van der Waals surface area (Å²) < 4.78 is 32.0. The number of carbonyl (C=O) groups excluding carboxylic acids is 1. The molecule has 0 saturated carbocycles. The lowest BCUT2D eigenvalue weighted by Crippen LogP contribution is -2.28. The van der Waals surface area contributed by atoms with Crippen molar-refractivity contribution in [3.63, 3.8) is 0 Å². The van der Waals surface area contributed by atoms with Gasteiger partial charge in [-0.3, -0.25) is 4.79 Å². The van der Waals surface area contributed by atoms with Crippen molar-refractivity contribution >= 4 is 17.3 Å². The summed E-state index contributed by atoms with van der Waals surface area (Å²) in [7, 11) is 9.09. The zero-order valence-electron chi connectivity index (χ0n) is 18.8. The number of carbonyl (C=O) groups is 1. The molecule has 0 bridgehead atoms. The first-order valence-electron chi connectivity index (χ1n) is 9.63. The van der Waals surface area contributed by atoms with Gasteiger partial charge in [-0.05, 0) is 12.1 Å². The molecule has 2 aromatic carbocycles. The molecule has 0 aliphatic carbocycles. The predicted molar refractivity (Wildman–Crippen MR) is 117 cm³/mol. The Labute approximate surface area is 185 Å². The van der Waals surface area contributed by atoms with E-state index < -0.39 is 6.10 Å². The minimum atomic E-state index is -0.816. The summed E-state index contributed by atoms with van der Waals surface area (Å²) in [4.78, 5) is 18.2. The van der Waals surface area contributed by atoms with Crippen molar-refractivity contribution in [2.45, 2.75) is 12.5 Å². The van der Waals surface area contributed by atoms with Crippen LogP contribution < -0.4 is 33.7 Å². The molecule has 0 fully saturated rings. The third-order valence-corrected chi connectivity index (χ3v) is 4.89. The van der Waals surface area contributed by atoms with Crippen molar-refractivity contribution in [2.75, 3.05) is 48.0 Å². The summed E-state index contributed by atoms with van der Waals surface area (Å²) in [6.07, 6.45) is -0.558. The van der Waals surface area contributed by atoms with Crippen LogP contribution in [0.5, 0.6) is 34.5 Å². The number of anilines is 1. The molecule has 1 unspecified atom stereocenters. The van der Waals surface area contributed by atoms with Gasteiger partial charge in [-0.2, -0.15) is 0 Å². The van der Waals surface area contributed by atoms with E-state index in [9.17, 15) is 4.79 Å². The number of ether oxygens (including phenoxy) is 6. The Morgan fingerprint density at radius 3 is 1.72 bits per heavy atom. The Kier molecular flexibility index (Phi) is 7.14. The van der Waals surface area contributed by atoms with Crippen LogP contribution in [0.4, 0.5) is 5.69 Å². The Morgan fingerprint density at radius 1 is 0.812 bits per heavy atom. The van der Waals surface area contributed by atoms with Gasteiger partial charge >= 0.3 is 0 Å². The fourth-order valence-electron chi connectivity index (χ4n) is 3.31. The monoisotopic (exact) mass is 446 g/mol. The first kappa shape index (κ1) is 22.9. The summed E-state index contributed by atoms with van der Waals surface area (Å²) in [5, 5.41) is 6.88. The van der Waals surface area contributed by atoms with E-state index in [1.165, 1.54) is 42.7 Å². The van der Waals surface area contributed by atoms with E-state index in [2.05, 4.69) is 10.5 Å². The largest absolute Gasteiger partial charge is 0.493 e. The Bertz CT molecular complexity index is 971. The molecule has 172 valence electrons. The van der Waals surface area contributed by atoms with Crippen LogP contribution in [0.15, 0.2) is 29.4 Å². The number of benzene rings is 2. The second kappa shape index (κ2) is 9.99. The van der Waals surface area contributed by atoms with Crippen molar-refractivity contribution in [3.8, 4) is 34.5 Å².